The highest BCUT2D eigenvalue weighted by Crippen LogP contribution is 2.06. The summed E-state index contributed by atoms with van der Waals surface area (Å²) >= 11 is 0. The number of carbonyl (C=O) groups is 1. The average Bonchev–Trinajstić information content (AvgIpc) is 2.72. The van der Waals surface area contributed by atoms with Gasteiger partial charge in [0, 0.05) is 5.69 Å². The van der Waals surface area contributed by atoms with E-state index in [2.05, 4.69) is 12.2 Å². The fraction of sp³-hybridized carbons (Fsp3) is 0.286. The Hall–Kier alpha value is -2.10. The highest BCUT2D eigenvalue weighted by molar-refractivity contribution is 6.00. The molecule has 0 saturated heterocycles. The molecule has 4 nitrogen and oxygen atoms in total. The molecule has 0 bridgehead atoms. The van der Waals surface area contributed by atoms with Crippen molar-refractivity contribution in [3.8, 4) is 0 Å². The third-order valence-corrected chi connectivity index (χ3v) is 2.78. The summed E-state index contributed by atoms with van der Waals surface area (Å²) in [5, 5.41) is 2.90. The van der Waals surface area contributed by atoms with E-state index < -0.39 is 0 Å². The zero-order valence-corrected chi connectivity index (χ0v) is 10.8. The van der Waals surface area contributed by atoms with Gasteiger partial charge in [0.1, 0.15) is 12.4 Å². The molecule has 1 aromatic heterocycles. The molecule has 94 valence electrons. The van der Waals surface area contributed by atoms with Gasteiger partial charge in [0.05, 0.1) is 13.6 Å². The van der Waals surface area contributed by atoms with Gasteiger partial charge in [-0.15, -0.1) is 0 Å². The highest BCUT2D eigenvalue weighted by atomic mass is 16.2. The topological polar surface area (TPSA) is 37.9 Å². The van der Waals surface area contributed by atoms with E-state index in [1.54, 1.807) is 0 Å². The Morgan fingerprint density at radius 1 is 1.33 bits per heavy atom. The largest absolute Gasteiger partial charge is 0.348 e. The van der Waals surface area contributed by atoms with Crippen molar-refractivity contribution in [3.05, 3.63) is 48.5 Å². The van der Waals surface area contributed by atoms with Crippen LogP contribution in [0.2, 0.25) is 0 Å². The monoisotopic (exact) mass is 244 g/mol. The Bertz CT molecular complexity index is 531. The number of nitrogens with one attached hydrogen (secondary N) is 1. The van der Waals surface area contributed by atoms with Crippen molar-refractivity contribution in [3.63, 3.8) is 0 Å². The van der Waals surface area contributed by atoms with Gasteiger partial charge in [-0.2, -0.15) is 0 Å². The van der Waals surface area contributed by atoms with E-state index in [1.807, 2.05) is 58.9 Å². The van der Waals surface area contributed by atoms with Crippen LogP contribution >= 0.6 is 0 Å². The number of rotatable bonds is 4. The molecule has 2 rings (SSSR count). The van der Waals surface area contributed by atoms with Crippen molar-refractivity contribution < 1.29 is 9.36 Å². The van der Waals surface area contributed by atoms with Gasteiger partial charge >= 0.3 is 11.7 Å². The molecule has 2 aromatic rings. The van der Waals surface area contributed by atoms with Gasteiger partial charge in [-0.3, -0.25) is 4.79 Å². The molecule has 0 spiro atoms. The maximum atomic E-state index is 12.2. The first kappa shape index (κ1) is 12.4. The zero-order valence-electron chi connectivity index (χ0n) is 10.8. The summed E-state index contributed by atoms with van der Waals surface area (Å²) in [5.41, 5.74) is 0.812. The molecule has 0 aliphatic rings. The van der Waals surface area contributed by atoms with Gasteiger partial charge in [-0.25, -0.2) is 9.13 Å². The lowest BCUT2D eigenvalue weighted by Crippen LogP contribution is -2.41. The molecular formula is C14H18N3O+. The summed E-state index contributed by atoms with van der Waals surface area (Å²) in [5.74, 6) is 0.586. The fourth-order valence-electron chi connectivity index (χ4n) is 1.94. The van der Waals surface area contributed by atoms with Crippen molar-refractivity contribution in [2.24, 2.45) is 7.05 Å². The molecule has 1 heterocycles. The molecule has 0 fully saturated rings. The van der Waals surface area contributed by atoms with Gasteiger partial charge in [-0.05, 0) is 18.6 Å². The fourth-order valence-corrected chi connectivity index (χ4v) is 1.94. The predicted molar refractivity (Wildman–Crippen MR) is 70.3 cm³/mol. The van der Waals surface area contributed by atoms with Gasteiger partial charge < -0.3 is 5.32 Å². The Morgan fingerprint density at radius 2 is 2.06 bits per heavy atom. The maximum Gasteiger partial charge on any atom is 0.348 e. The number of nitrogens with zero attached hydrogens (tertiary/aromatic N) is 2. The van der Waals surface area contributed by atoms with Crippen LogP contribution in [-0.4, -0.2) is 10.5 Å². The standard InChI is InChI=1S/C14H17N3O/c1-3-9-17-11-10-16(2)14(17)13(18)15-12-7-5-4-6-8-12/h4-8,10-11H,3,9H2,1-2H3/p+1. The number of carbonyl (C=O) groups excluding carboxylic acids is 1. The first-order valence-corrected chi connectivity index (χ1v) is 6.13. The number of amides is 1. The second kappa shape index (κ2) is 5.49. The van der Waals surface area contributed by atoms with E-state index in [0.29, 0.717) is 5.82 Å². The molecule has 0 aliphatic heterocycles. The minimum absolute atomic E-state index is 0.0813. The quantitative estimate of drug-likeness (QED) is 0.820. The number of aryl methyl sites for hydroxylation is 2. The van der Waals surface area contributed by atoms with E-state index >= 15 is 0 Å². The molecule has 1 N–H and O–H groups in total. The smallest absolute Gasteiger partial charge is 0.315 e. The van der Waals surface area contributed by atoms with Gasteiger partial charge in [0.25, 0.3) is 0 Å². The van der Waals surface area contributed by atoms with Crippen LogP contribution in [0, 0.1) is 0 Å². The van der Waals surface area contributed by atoms with Crippen LogP contribution in [0.4, 0.5) is 5.69 Å². The molecule has 0 saturated carbocycles. The normalized spacial score (nSPS) is 10.3. The highest BCUT2D eigenvalue weighted by Gasteiger charge is 2.22. The van der Waals surface area contributed by atoms with E-state index in [1.165, 1.54) is 0 Å². The number of hydrogen-bond acceptors (Lipinski definition) is 1. The molecule has 1 aromatic carbocycles. The zero-order chi connectivity index (χ0) is 13.0. The van der Waals surface area contributed by atoms with Crippen molar-refractivity contribution in [1.29, 1.82) is 0 Å². The summed E-state index contributed by atoms with van der Waals surface area (Å²) < 4.78 is 3.81. The summed E-state index contributed by atoms with van der Waals surface area (Å²) in [7, 11) is 1.88. The van der Waals surface area contributed by atoms with Crippen LogP contribution in [0.15, 0.2) is 42.7 Å². The summed E-state index contributed by atoms with van der Waals surface area (Å²) in [6.45, 7) is 2.94. The number of para-hydroxylation sites is 1. The van der Waals surface area contributed by atoms with E-state index in [0.717, 1.165) is 18.7 Å². The predicted octanol–water partition coefficient (Wildman–Crippen LogP) is 1.97. The number of benzene rings is 1. The third-order valence-electron chi connectivity index (χ3n) is 2.78. The van der Waals surface area contributed by atoms with Crippen molar-refractivity contribution >= 4 is 11.6 Å². The van der Waals surface area contributed by atoms with E-state index in [9.17, 15) is 4.79 Å². The Morgan fingerprint density at radius 3 is 2.72 bits per heavy atom. The van der Waals surface area contributed by atoms with Gasteiger partial charge in [0.15, 0.2) is 0 Å². The number of hydrogen-bond donors (Lipinski definition) is 1. The molecule has 1 amide bonds. The molecule has 0 radical (unpaired) electrons. The lowest BCUT2D eigenvalue weighted by molar-refractivity contribution is -0.698. The summed E-state index contributed by atoms with van der Waals surface area (Å²) in [4.78, 5) is 12.2. The number of aromatic nitrogens is 2. The van der Waals surface area contributed by atoms with Crippen LogP contribution in [0.1, 0.15) is 24.0 Å². The Balaban J connectivity index is 2.21. The molecule has 0 atom stereocenters. The van der Waals surface area contributed by atoms with Crippen LogP contribution in [0.3, 0.4) is 0 Å². The first-order valence-electron chi connectivity index (χ1n) is 6.13. The van der Waals surface area contributed by atoms with Crippen LogP contribution in [-0.2, 0) is 13.6 Å². The van der Waals surface area contributed by atoms with Crippen molar-refractivity contribution in [2.45, 2.75) is 19.9 Å². The van der Waals surface area contributed by atoms with Gasteiger partial charge in [0.2, 0.25) is 0 Å². The number of anilines is 1. The second-order valence-electron chi connectivity index (χ2n) is 4.25. The van der Waals surface area contributed by atoms with Gasteiger partial charge in [-0.1, -0.05) is 25.1 Å². The van der Waals surface area contributed by atoms with Crippen LogP contribution in [0.5, 0.6) is 0 Å². The van der Waals surface area contributed by atoms with Crippen LogP contribution in [0.25, 0.3) is 0 Å². The molecule has 0 aliphatic carbocycles. The molecular weight excluding hydrogens is 226 g/mol. The Labute approximate surface area is 107 Å². The van der Waals surface area contributed by atoms with E-state index in [-0.39, 0.29) is 5.91 Å². The minimum Gasteiger partial charge on any atom is -0.315 e. The first-order chi connectivity index (χ1) is 8.72. The maximum absolute atomic E-state index is 12.2. The lowest BCUT2D eigenvalue weighted by atomic mass is 10.3. The summed E-state index contributed by atoms with van der Waals surface area (Å²) in [6.07, 6.45) is 4.83. The van der Waals surface area contributed by atoms with Crippen molar-refractivity contribution in [2.75, 3.05) is 5.32 Å². The minimum atomic E-state index is -0.0813. The third kappa shape index (κ3) is 2.59. The van der Waals surface area contributed by atoms with Crippen LogP contribution < -0.4 is 9.88 Å². The molecule has 4 heteroatoms. The average molecular weight is 244 g/mol. The molecule has 18 heavy (non-hydrogen) atoms. The van der Waals surface area contributed by atoms with E-state index in [4.69, 9.17) is 0 Å². The lowest BCUT2D eigenvalue weighted by Gasteiger charge is -2.04. The van der Waals surface area contributed by atoms with Crippen molar-refractivity contribution in [1.82, 2.24) is 4.57 Å². The second-order valence-corrected chi connectivity index (χ2v) is 4.25. The SMILES string of the molecule is CCC[n+]1ccn(C)c1C(=O)Nc1ccccc1. The molecule has 0 unspecified atom stereocenters. The number of imidazole rings is 1. The summed E-state index contributed by atoms with van der Waals surface area (Å²) in [6, 6.07) is 9.49. The Kier molecular flexibility index (Phi) is 3.77.